The van der Waals surface area contributed by atoms with Crippen LogP contribution in [-0.4, -0.2) is 28.6 Å². The molecule has 0 saturated carbocycles. The zero-order valence-electron chi connectivity index (χ0n) is 7.69. The zero-order valence-corrected chi connectivity index (χ0v) is 10.4. The van der Waals surface area contributed by atoms with Crippen molar-refractivity contribution in [1.29, 1.82) is 0 Å². The second-order valence-corrected chi connectivity index (χ2v) is 2.65. The van der Waals surface area contributed by atoms with Gasteiger partial charge >= 0.3 is 35.5 Å². The van der Waals surface area contributed by atoms with Gasteiger partial charge in [0.15, 0.2) is 0 Å². The summed E-state index contributed by atoms with van der Waals surface area (Å²) in [5, 5.41) is 29.5. The Hall–Kier alpha value is -0.340. The maximum absolute atomic E-state index is 10.5. The summed E-state index contributed by atoms with van der Waals surface area (Å²) in [6.07, 6.45) is -2.42. The van der Waals surface area contributed by atoms with Crippen molar-refractivity contribution in [1.82, 2.24) is 0 Å². The minimum atomic E-state index is -2.87. The number of carbonyl (C=O) groups is 3. The third-order valence-electron chi connectivity index (χ3n) is 1.34. The minimum Gasteiger partial charge on any atom is -0.550 e. The molecule has 9 heteroatoms. The van der Waals surface area contributed by atoms with E-state index in [1.807, 2.05) is 0 Å². The van der Waals surface area contributed by atoms with Crippen molar-refractivity contribution in [3.05, 3.63) is 0 Å². The van der Waals surface area contributed by atoms with E-state index < -0.39 is 36.4 Å². The molecule has 80 valence electrons. The van der Waals surface area contributed by atoms with E-state index in [-0.39, 0.29) is 29.6 Å². The first-order valence-corrected chi connectivity index (χ1v) is 3.58. The SMILES string of the molecule is O=C([O-])CC(O)(CC(=O)OCl)C(=O)[O-].[Na+]. The molecule has 0 heterocycles. The molecule has 15 heavy (non-hydrogen) atoms. The Balaban J connectivity index is 0. The van der Waals surface area contributed by atoms with Gasteiger partial charge in [-0.2, -0.15) is 0 Å². The molecule has 0 spiro atoms. The van der Waals surface area contributed by atoms with Gasteiger partial charge in [0.05, 0.1) is 12.4 Å². The molecule has 0 bridgehead atoms. The van der Waals surface area contributed by atoms with Gasteiger partial charge in [-0.15, -0.1) is 0 Å². The van der Waals surface area contributed by atoms with Gasteiger partial charge in [0.25, 0.3) is 0 Å². The molecular weight excluding hydrogens is 243 g/mol. The molecule has 0 aliphatic rings. The van der Waals surface area contributed by atoms with E-state index in [2.05, 4.69) is 16.2 Å². The van der Waals surface area contributed by atoms with Gasteiger partial charge in [0, 0.05) is 12.4 Å². The van der Waals surface area contributed by atoms with Gasteiger partial charge in [-0.05, 0) is 0 Å². The van der Waals surface area contributed by atoms with Crippen molar-refractivity contribution >= 4 is 29.8 Å². The molecule has 0 amide bonds. The summed E-state index contributed by atoms with van der Waals surface area (Å²) in [6, 6.07) is 0. The van der Waals surface area contributed by atoms with E-state index in [1.165, 1.54) is 0 Å². The Labute approximate surface area is 111 Å². The van der Waals surface area contributed by atoms with Gasteiger partial charge in [0.1, 0.15) is 17.5 Å². The number of hydrogen-bond donors (Lipinski definition) is 1. The topological polar surface area (TPSA) is 127 Å². The van der Waals surface area contributed by atoms with Crippen LogP contribution in [0, 0.1) is 0 Å². The predicted octanol–water partition coefficient (Wildman–Crippen LogP) is -6.30. The quantitative estimate of drug-likeness (QED) is 0.479. The fourth-order valence-corrected chi connectivity index (χ4v) is 0.766. The summed E-state index contributed by atoms with van der Waals surface area (Å²) in [4.78, 5) is 30.8. The Bertz CT molecular complexity index is 268. The van der Waals surface area contributed by atoms with Gasteiger partial charge < -0.3 is 29.2 Å². The van der Waals surface area contributed by atoms with Crippen LogP contribution < -0.4 is 39.8 Å². The van der Waals surface area contributed by atoms with Crippen LogP contribution in [-0.2, 0) is 18.7 Å². The minimum absolute atomic E-state index is 0. The second kappa shape index (κ2) is 7.02. The summed E-state index contributed by atoms with van der Waals surface area (Å²) in [5.41, 5.74) is -2.87. The fraction of sp³-hybridized carbons (Fsp3) is 0.500. The largest absolute Gasteiger partial charge is 1.00 e. The zero-order chi connectivity index (χ0) is 11.4. The normalized spacial score (nSPS) is 13.2. The molecule has 0 aromatic rings. The van der Waals surface area contributed by atoms with Crippen molar-refractivity contribution in [2.24, 2.45) is 0 Å². The van der Waals surface area contributed by atoms with Crippen molar-refractivity contribution in [2.75, 3.05) is 0 Å². The molecule has 0 aromatic carbocycles. The maximum atomic E-state index is 10.5. The van der Waals surface area contributed by atoms with E-state index in [0.717, 1.165) is 0 Å². The van der Waals surface area contributed by atoms with Gasteiger partial charge in [-0.3, -0.25) is 4.79 Å². The van der Waals surface area contributed by atoms with Crippen molar-refractivity contribution < 1.29 is 63.5 Å². The second-order valence-electron chi connectivity index (χ2n) is 2.49. The van der Waals surface area contributed by atoms with E-state index in [4.69, 9.17) is 5.11 Å². The van der Waals surface area contributed by atoms with Crippen molar-refractivity contribution in [3.8, 4) is 0 Å². The van der Waals surface area contributed by atoms with Crippen LogP contribution in [0.4, 0.5) is 0 Å². The third-order valence-corrected chi connectivity index (χ3v) is 1.51. The van der Waals surface area contributed by atoms with Crippen LogP contribution >= 0.6 is 11.9 Å². The Morgan fingerprint density at radius 3 is 2.00 bits per heavy atom. The smallest absolute Gasteiger partial charge is 0.550 e. The molecule has 0 aliphatic heterocycles. The van der Waals surface area contributed by atoms with Gasteiger partial charge in [0.2, 0.25) is 0 Å². The summed E-state index contributed by atoms with van der Waals surface area (Å²) < 4.78 is 3.55. The summed E-state index contributed by atoms with van der Waals surface area (Å²) in [7, 11) is 0. The summed E-state index contributed by atoms with van der Waals surface area (Å²) in [6.45, 7) is 0. The molecule has 1 unspecified atom stereocenters. The maximum Gasteiger partial charge on any atom is 1.00 e. The number of hydrogen-bond acceptors (Lipinski definition) is 7. The standard InChI is InChI=1S/C6H7ClO7.Na/c7-14-4(10)2-6(13,5(11)12)1-3(8)9;/h13H,1-2H2,(H,8,9)(H,11,12);/q;+1/p-2. The van der Waals surface area contributed by atoms with Crippen molar-refractivity contribution in [3.63, 3.8) is 0 Å². The third kappa shape index (κ3) is 5.95. The molecule has 1 atom stereocenters. The Morgan fingerprint density at radius 1 is 1.27 bits per heavy atom. The molecule has 0 saturated heterocycles. The van der Waals surface area contributed by atoms with E-state index in [1.54, 1.807) is 0 Å². The van der Waals surface area contributed by atoms with Crippen LogP contribution in [0.1, 0.15) is 12.8 Å². The Morgan fingerprint density at radius 2 is 1.73 bits per heavy atom. The first-order chi connectivity index (χ1) is 6.31. The van der Waals surface area contributed by atoms with E-state index >= 15 is 0 Å². The molecule has 1 N–H and O–H groups in total. The van der Waals surface area contributed by atoms with Crippen LogP contribution in [0.2, 0.25) is 0 Å². The number of carboxylic acid groups (broad SMARTS) is 2. The average Bonchev–Trinajstić information content (AvgIpc) is 2.02. The molecular formula is C6H5ClNaO7-. The number of carbonyl (C=O) groups excluding carboxylic acids is 3. The molecule has 0 rings (SSSR count). The van der Waals surface area contributed by atoms with Crippen LogP contribution in [0.25, 0.3) is 0 Å². The number of aliphatic hydroxyl groups is 1. The average molecular weight is 248 g/mol. The first-order valence-electron chi connectivity index (χ1n) is 3.27. The van der Waals surface area contributed by atoms with Gasteiger partial charge in [-0.25, -0.2) is 0 Å². The fourth-order valence-electron chi connectivity index (χ4n) is 0.712. The summed E-state index contributed by atoms with van der Waals surface area (Å²) >= 11 is 4.56. The van der Waals surface area contributed by atoms with Gasteiger partial charge in [-0.1, -0.05) is 0 Å². The Kier molecular flexibility index (Phi) is 7.99. The van der Waals surface area contributed by atoms with Crippen molar-refractivity contribution in [2.45, 2.75) is 18.4 Å². The van der Waals surface area contributed by atoms with Crippen LogP contribution in [0.15, 0.2) is 0 Å². The van der Waals surface area contributed by atoms with E-state index in [9.17, 15) is 24.6 Å². The first kappa shape index (κ1) is 17.1. The molecule has 0 radical (unpaired) electrons. The monoisotopic (exact) mass is 247 g/mol. The molecule has 0 fully saturated rings. The number of rotatable bonds is 5. The molecule has 7 nitrogen and oxygen atoms in total. The van der Waals surface area contributed by atoms with E-state index in [0.29, 0.717) is 0 Å². The predicted molar refractivity (Wildman–Crippen MR) is 36.1 cm³/mol. The number of aliphatic carboxylic acids is 2. The molecule has 0 aromatic heterocycles. The van der Waals surface area contributed by atoms with Crippen LogP contribution in [0.3, 0.4) is 0 Å². The number of halogens is 1. The summed E-state index contributed by atoms with van der Waals surface area (Å²) in [5.74, 6) is -5.26. The van der Waals surface area contributed by atoms with Crippen LogP contribution in [0.5, 0.6) is 0 Å². The molecule has 0 aliphatic carbocycles. The number of carboxylic acids is 2.